The van der Waals surface area contributed by atoms with Crippen molar-refractivity contribution < 1.29 is 13.9 Å². The molecule has 4 heteroatoms. The van der Waals surface area contributed by atoms with Crippen LogP contribution in [0.15, 0.2) is 84.0 Å². The van der Waals surface area contributed by atoms with Crippen LogP contribution in [0.25, 0.3) is 0 Å². The van der Waals surface area contributed by atoms with Crippen LogP contribution in [0, 0.1) is 11.2 Å². The standard InChI is InChI=1S/C28H30FNO2/c1-4-20-17-27(2)23(16-22(20)15-19-9-6-5-7-10-19)13-14-28(27,3)32-18-21-11-8-12-24(29)25(21)26(30)31/h4-12,16H,1,13-15,17-18H2,2-3H3,(H2,30,31). The summed E-state index contributed by atoms with van der Waals surface area (Å²) in [4.78, 5) is 11.8. The first-order chi connectivity index (χ1) is 15.3. The van der Waals surface area contributed by atoms with Crippen LogP contribution < -0.4 is 5.73 Å². The fourth-order valence-electron chi connectivity index (χ4n) is 5.21. The molecular formula is C28H30FNO2. The van der Waals surface area contributed by atoms with Crippen molar-refractivity contribution in [2.75, 3.05) is 0 Å². The van der Waals surface area contributed by atoms with Gasteiger partial charge in [-0.3, -0.25) is 4.79 Å². The molecule has 2 N–H and O–H groups in total. The van der Waals surface area contributed by atoms with E-state index in [1.807, 2.05) is 12.1 Å². The molecule has 2 atom stereocenters. The van der Waals surface area contributed by atoms with E-state index in [2.05, 4.69) is 50.8 Å². The molecular weight excluding hydrogens is 401 g/mol. The van der Waals surface area contributed by atoms with Crippen molar-refractivity contribution in [2.45, 2.75) is 51.7 Å². The van der Waals surface area contributed by atoms with Crippen LogP contribution in [0.4, 0.5) is 4.39 Å². The number of fused-ring (bicyclic) bond motifs is 1. The lowest BCUT2D eigenvalue weighted by Crippen LogP contribution is -2.43. The summed E-state index contributed by atoms with van der Waals surface area (Å²) in [6.45, 7) is 8.59. The molecule has 0 aromatic heterocycles. The fourth-order valence-corrected chi connectivity index (χ4v) is 5.21. The lowest BCUT2D eigenvalue weighted by molar-refractivity contribution is -0.0992. The fraction of sp³-hybridized carbons (Fsp3) is 0.321. The summed E-state index contributed by atoms with van der Waals surface area (Å²) in [6.07, 6.45) is 7.82. The predicted octanol–water partition coefficient (Wildman–Crippen LogP) is 6.06. The van der Waals surface area contributed by atoms with E-state index in [0.717, 1.165) is 25.7 Å². The zero-order valence-corrected chi connectivity index (χ0v) is 18.8. The highest BCUT2D eigenvalue weighted by Crippen LogP contribution is 2.58. The number of benzene rings is 2. The van der Waals surface area contributed by atoms with Crippen molar-refractivity contribution in [3.8, 4) is 0 Å². The molecule has 32 heavy (non-hydrogen) atoms. The lowest BCUT2D eigenvalue weighted by atomic mass is 9.66. The Kier molecular flexibility index (Phi) is 5.91. The third-order valence-corrected chi connectivity index (χ3v) is 7.43. The number of carbonyl (C=O) groups is 1. The second kappa shape index (κ2) is 8.51. The number of nitrogens with two attached hydrogens (primary N) is 1. The molecule has 166 valence electrons. The van der Waals surface area contributed by atoms with Crippen LogP contribution >= 0.6 is 0 Å². The molecule has 0 aliphatic heterocycles. The van der Waals surface area contributed by atoms with E-state index in [0.29, 0.717) is 5.56 Å². The van der Waals surface area contributed by atoms with Gasteiger partial charge in [0.05, 0.1) is 17.8 Å². The average molecular weight is 432 g/mol. The molecule has 1 saturated carbocycles. The van der Waals surface area contributed by atoms with E-state index in [1.165, 1.54) is 28.3 Å². The van der Waals surface area contributed by atoms with Gasteiger partial charge in [-0.1, -0.05) is 73.7 Å². The van der Waals surface area contributed by atoms with Gasteiger partial charge in [0.15, 0.2) is 0 Å². The summed E-state index contributed by atoms with van der Waals surface area (Å²) in [5.41, 5.74) is 10.4. The Morgan fingerprint density at radius 2 is 1.94 bits per heavy atom. The Balaban J connectivity index is 1.59. The molecule has 0 saturated heterocycles. The smallest absolute Gasteiger partial charge is 0.252 e. The summed E-state index contributed by atoms with van der Waals surface area (Å²) < 4.78 is 20.6. The van der Waals surface area contributed by atoms with Crippen molar-refractivity contribution >= 4 is 5.91 Å². The molecule has 3 nitrogen and oxygen atoms in total. The third kappa shape index (κ3) is 3.84. The second-order valence-corrected chi connectivity index (χ2v) is 9.25. The number of ether oxygens (including phenoxy) is 1. The first-order valence-corrected chi connectivity index (χ1v) is 11.1. The maximum Gasteiger partial charge on any atom is 0.252 e. The van der Waals surface area contributed by atoms with E-state index < -0.39 is 17.3 Å². The number of primary amides is 1. The van der Waals surface area contributed by atoms with Crippen molar-refractivity contribution in [3.63, 3.8) is 0 Å². The molecule has 2 aromatic carbocycles. The Morgan fingerprint density at radius 3 is 2.62 bits per heavy atom. The van der Waals surface area contributed by atoms with Crippen LogP contribution in [0.2, 0.25) is 0 Å². The van der Waals surface area contributed by atoms with Crippen molar-refractivity contribution in [3.05, 3.63) is 106 Å². The van der Waals surface area contributed by atoms with E-state index in [-0.39, 0.29) is 17.6 Å². The third-order valence-electron chi connectivity index (χ3n) is 7.43. The Labute approximate surface area is 189 Å². The molecule has 0 heterocycles. The minimum Gasteiger partial charge on any atom is -0.370 e. The molecule has 2 aromatic rings. The number of amides is 1. The molecule has 2 aliphatic rings. The van der Waals surface area contributed by atoms with E-state index in [9.17, 15) is 9.18 Å². The van der Waals surface area contributed by atoms with E-state index in [1.54, 1.807) is 12.1 Å². The van der Waals surface area contributed by atoms with Gasteiger partial charge >= 0.3 is 0 Å². The van der Waals surface area contributed by atoms with Crippen LogP contribution in [0.1, 0.15) is 54.6 Å². The topological polar surface area (TPSA) is 52.3 Å². The zero-order valence-electron chi connectivity index (χ0n) is 18.8. The van der Waals surface area contributed by atoms with Crippen LogP contribution in [0.5, 0.6) is 0 Å². The summed E-state index contributed by atoms with van der Waals surface area (Å²) in [6, 6.07) is 15.0. The highest BCUT2D eigenvalue weighted by Gasteiger charge is 2.53. The number of carbonyl (C=O) groups excluding carboxylic acids is 1. The lowest BCUT2D eigenvalue weighted by Gasteiger charge is -2.44. The molecule has 4 rings (SSSR count). The second-order valence-electron chi connectivity index (χ2n) is 9.25. The zero-order chi connectivity index (χ0) is 22.9. The van der Waals surface area contributed by atoms with Gasteiger partial charge in [0.25, 0.3) is 5.91 Å². The van der Waals surface area contributed by atoms with Crippen molar-refractivity contribution in [1.29, 1.82) is 0 Å². The van der Waals surface area contributed by atoms with Gasteiger partial charge in [-0.25, -0.2) is 4.39 Å². The Bertz CT molecular complexity index is 1120. The van der Waals surface area contributed by atoms with Gasteiger partial charge in [-0.15, -0.1) is 0 Å². The molecule has 0 spiro atoms. The SMILES string of the molecule is C=CC1=C(Cc2ccccc2)C=C2CCC(C)(OCc3cccc(F)c3C(N)=O)C2(C)C1. The van der Waals surface area contributed by atoms with Crippen molar-refractivity contribution in [2.24, 2.45) is 11.1 Å². The molecule has 0 radical (unpaired) electrons. The summed E-state index contributed by atoms with van der Waals surface area (Å²) in [7, 11) is 0. The van der Waals surface area contributed by atoms with Gasteiger partial charge in [-0.2, -0.15) is 0 Å². The molecule has 2 aliphatic carbocycles. The van der Waals surface area contributed by atoms with Gasteiger partial charge in [-0.05, 0) is 60.9 Å². The number of hydrogen-bond acceptors (Lipinski definition) is 2. The maximum atomic E-state index is 14.2. The van der Waals surface area contributed by atoms with Crippen LogP contribution in [-0.4, -0.2) is 11.5 Å². The first kappa shape index (κ1) is 22.2. The van der Waals surface area contributed by atoms with Crippen LogP contribution in [0.3, 0.4) is 0 Å². The normalized spacial score (nSPS) is 24.8. The summed E-state index contributed by atoms with van der Waals surface area (Å²) in [5.74, 6) is -1.38. The monoisotopic (exact) mass is 431 g/mol. The molecule has 2 unspecified atom stereocenters. The minimum atomic E-state index is -0.773. The minimum absolute atomic E-state index is 0.0875. The van der Waals surface area contributed by atoms with Crippen LogP contribution in [-0.2, 0) is 17.8 Å². The largest absolute Gasteiger partial charge is 0.370 e. The first-order valence-electron chi connectivity index (χ1n) is 11.1. The Hall–Kier alpha value is -2.98. The van der Waals surface area contributed by atoms with Gasteiger partial charge in [0.1, 0.15) is 5.82 Å². The molecule has 1 fully saturated rings. The summed E-state index contributed by atoms with van der Waals surface area (Å²) in [5, 5.41) is 0. The van der Waals surface area contributed by atoms with E-state index in [4.69, 9.17) is 10.5 Å². The number of halogens is 1. The van der Waals surface area contributed by atoms with Gasteiger partial charge in [0, 0.05) is 5.41 Å². The molecule has 0 bridgehead atoms. The highest BCUT2D eigenvalue weighted by atomic mass is 19.1. The van der Waals surface area contributed by atoms with Crippen molar-refractivity contribution in [1.82, 2.24) is 0 Å². The Morgan fingerprint density at radius 1 is 1.19 bits per heavy atom. The summed E-state index contributed by atoms with van der Waals surface area (Å²) >= 11 is 0. The number of allylic oxidation sites excluding steroid dienone is 4. The number of hydrogen-bond donors (Lipinski definition) is 1. The maximum absolute atomic E-state index is 14.2. The van der Waals surface area contributed by atoms with Gasteiger partial charge < -0.3 is 10.5 Å². The molecule has 1 amide bonds. The average Bonchev–Trinajstić information content (AvgIpc) is 3.02. The highest BCUT2D eigenvalue weighted by molar-refractivity contribution is 5.94. The quantitative estimate of drug-likeness (QED) is 0.580. The predicted molar refractivity (Wildman–Crippen MR) is 126 cm³/mol. The van der Waals surface area contributed by atoms with Gasteiger partial charge in [0.2, 0.25) is 0 Å². The number of rotatable bonds is 7. The van der Waals surface area contributed by atoms with E-state index >= 15 is 0 Å².